The molecule has 0 aliphatic rings. The molecule has 0 N–H and O–H groups in total. The summed E-state index contributed by atoms with van der Waals surface area (Å²) in [5, 5.41) is 0. The lowest BCUT2D eigenvalue weighted by atomic mass is 10.2. The largest absolute Gasteiger partial charge is 0.494 e. The van der Waals surface area contributed by atoms with Gasteiger partial charge in [-0.3, -0.25) is 0 Å². The Kier molecular flexibility index (Phi) is 4.66. The molecule has 0 atom stereocenters. The van der Waals surface area contributed by atoms with Crippen LogP contribution in [0.1, 0.15) is 5.56 Å². The molecule has 0 unspecified atom stereocenters. The molecule has 0 heterocycles. The Labute approximate surface area is 123 Å². The Morgan fingerprint density at radius 1 is 1.00 bits per heavy atom. The van der Waals surface area contributed by atoms with Crippen LogP contribution in [-0.2, 0) is 6.61 Å². The molecule has 0 radical (unpaired) electrons. The summed E-state index contributed by atoms with van der Waals surface area (Å²) in [4.78, 5) is 0. The lowest BCUT2D eigenvalue weighted by Crippen LogP contribution is -1.96. The first kappa shape index (κ1) is 13.4. The number of hydrogen-bond acceptors (Lipinski definition) is 2. The van der Waals surface area contributed by atoms with E-state index in [4.69, 9.17) is 9.47 Å². The van der Waals surface area contributed by atoms with Crippen LogP contribution in [0.25, 0.3) is 0 Å². The van der Waals surface area contributed by atoms with Crippen molar-refractivity contribution >= 4 is 31.9 Å². The molecule has 94 valence electrons. The van der Waals surface area contributed by atoms with E-state index < -0.39 is 0 Å². The first-order chi connectivity index (χ1) is 8.70. The van der Waals surface area contributed by atoms with E-state index in [0.717, 1.165) is 26.0 Å². The minimum atomic E-state index is 0.519. The Hall–Kier alpha value is -1.00. The molecular weight excluding hydrogens is 360 g/mol. The van der Waals surface area contributed by atoms with Gasteiger partial charge in [0.05, 0.1) is 16.1 Å². The summed E-state index contributed by atoms with van der Waals surface area (Å²) in [5.74, 6) is 1.65. The summed E-state index contributed by atoms with van der Waals surface area (Å²) < 4.78 is 12.8. The standard InChI is InChI=1S/C14H12Br2O2/c1-17-14-12(15)7-10(8-13(14)16)9-18-11-5-3-2-4-6-11/h2-8H,9H2,1H3. The average Bonchev–Trinajstić information content (AvgIpc) is 2.37. The molecule has 0 bridgehead atoms. The highest BCUT2D eigenvalue weighted by atomic mass is 79.9. The van der Waals surface area contributed by atoms with Crippen molar-refractivity contribution in [2.24, 2.45) is 0 Å². The van der Waals surface area contributed by atoms with Gasteiger partial charge in [0, 0.05) is 0 Å². The molecular formula is C14H12Br2O2. The highest BCUT2D eigenvalue weighted by Gasteiger charge is 2.08. The number of ether oxygens (including phenoxy) is 2. The third kappa shape index (κ3) is 3.27. The van der Waals surface area contributed by atoms with Crippen LogP contribution in [0, 0.1) is 0 Å². The van der Waals surface area contributed by atoms with Gasteiger partial charge in [-0.1, -0.05) is 18.2 Å². The summed E-state index contributed by atoms with van der Waals surface area (Å²) in [7, 11) is 1.64. The molecule has 0 aliphatic carbocycles. The zero-order valence-electron chi connectivity index (χ0n) is 9.82. The lowest BCUT2D eigenvalue weighted by molar-refractivity contribution is 0.305. The highest BCUT2D eigenvalue weighted by Crippen LogP contribution is 2.34. The van der Waals surface area contributed by atoms with Gasteiger partial charge in [-0.2, -0.15) is 0 Å². The van der Waals surface area contributed by atoms with Crippen molar-refractivity contribution in [1.29, 1.82) is 0 Å². The van der Waals surface area contributed by atoms with Gasteiger partial charge in [0.25, 0.3) is 0 Å². The van der Waals surface area contributed by atoms with Crippen molar-refractivity contribution in [1.82, 2.24) is 0 Å². The molecule has 2 aromatic carbocycles. The first-order valence-electron chi connectivity index (χ1n) is 5.40. The molecule has 0 spiro atoms. The molecule has 2 rings (SSSR count). The van der Waals surface area contributed by atoms with Crippen molar-refractivity contribution in [2.75, 3.05) is 7.11 Å². The van der Waals surface area contributed by atoms with E-state index in [-0.39, 0.29) is 0 Å². The zero-order chi connectivity index (χ0) is 13.0. The molecule has 0 fully saturated rings. The van der Waals surface area contributed by atoms with E-state index in [1.807, 2.05) is 42.5 Å². The SMILES string of the molecule is COc1c(Br)cc(COc2ccccc2)cc1Br. The normalized spacial score (nSPS) is 10.2. The van der Waals surface area contributed by atoms with Crippen molar-refractivity contribution in [2.45, 2.75) is 6.61 Å². The van der Waals surface area contributed by atoms with Gasteiger partial charge in [-0.15, -0.1) is 0 Å². The van der Waals surface area contributed by atoms with Gasteiger partial charge in [0.1, 0.15) is 18.1 Å². The average molecular weight is 372 g/mol. The third-order valence-electron chi connectivity index (χ3n) is 2.41. The van der Waals surface area contributed by atoms with E-state index in [1.54, 1.807) is 7.11 Å². The topological polar surface area (TPSA) is 18.5 Å². The molecule has 0 saturated carbocycles. The lowest BCUT2D eigenvalue weighted by Gasteiger charge is -2.10. The maximum atomic E-state index is 5.69. The second-order valence-corrected chi connectivity index (χ2v) is 5.40. The van der Waals surface area contributed by atoms with Crippen molar-refractivity contribution in [3.8, 4) is 11.5 Å². The Morgan fingerprint density at radius 3 is 2.17 bits per heavy atom. The summed E-state index contributed by atoms with van der Waals surface area (Å²) in [6.45, 7) is 0.519. The third-order valence-corrected chi connectivity index (χ3v) is 3.59. The number of rotatable bonds is 4. The van der Waals surface area contributed by atoms with Crippen LogP contribution in [0.2, 0.25) is 0 Å². The molecule has 0 amide bonds. The molecule has 2 aromatic rings. The number of para-hydroxylation sites is 1. The number of halogens is 2. The Bertz CT molecular complexity index is 504. The van der Waals surface area contributed by atoms with Gasteiger partial charge in [-0.05, 0) is 61.7 Å². The fourth-order valence-electron chi connectivity index (χ4n) is 1.57. The predicted octanol–water partition coefficient (Wildman–Crippen LogP) is 4.80. The number of hydrogen-bond donors (Lipinski definition) is 0. The summed E-state index contributed by atoms with van der Waals surface area (Å²) in [5.41, 5.74) is 1.07. The number of benzene rings is 2. The van der Waals surface area contributed by atoms with Gasteiger partial charge in [0.15, 0.2) is 0 Å². The molecule has 4 heteroatoms. The van der Waals surface area contributed by atoms with Crippen LogP contribution in [0.3, 0.4) is 0 Å². The first-order valence-corrected chi connectivity index (χ1v) is 6.99. The maximum absolute atomic E-state index is 5.69. The monoisotopic (exact) mass is 370 g/mol. The van der Waals surface area contributed by atoms with Gasteiger partial charge in [-0.25, -0.2) is 0 Å². The van der Waals surface area contributed by atoms with Crippen molar-refractivity contribution < 1.29 is 9.47 Å². The molecule has 0 aliphatic heterocycles. The van der Waals surface area contributed by atoms with Gasteiger partial charge < -0.3 is 9.47 Å². The van der Waals surface area contributed by atoms with Crippen LogP contribution in [-0.4, -0.2) is 7.11 Å². The van der Waals surface area contributed by atoms with Gasteiger partial charge >= 0.3 is 0 Å². The zero-order valence-corrected chi connectivity index (χ0v) is 13.0. The van der Waals surface area contributed by atoms with Crippen LogP contribution >= 0.6 is 31.9 Å². The Balaban J connectivity index is 2.11. The van der Waals surface area contributed by atoms with E-state index in [9.17, 15) is 0 Å². The van der Waals surface area contributed by atoms with Crippen molar-refractivity contribution in [3.05, 3.63) is 57.0 Å². The van der Waals surface area contributed by atoms with Crippen LogP contribution in [0.4, 0.5) is 0 Å². The Morgan fingerprint density at radius 2 is 1.61 bits per heavy atom. The smallest absolute Gasteiger partial charge is 0.147 e. The second-order valence-electron chi connectivity index (χ2n) is 3.69. The molecule has 0 saturated heterocycles. The quantitative estimate of drug-likeness (QED) is 0.768. The maximum Gasteiger partial charge on any atom is 0.147 e. The van der Waals surface area contributed by atoms with E-state index in [2.05, 4.69) is 31.9 Å². The number of methoxy groups -OCH3 is 1. The fourth-order valence-corrected chi connectivity index (χ4v) is 3.18. The fraction of sp³-hybridized carbons (Fsp3) is 0.143. The van der Waals surface area contributed by atoms with E-state index in [0.29, 0.717) is 6.61 Å². The minimum absolute atomic E-state index is 0.519. The predicted molar refractivity (Wildman–Crippen MR) is 79.2 cm³/mol. The van der Waals surface area contributed by atoms with Gasteiger partial charge in [0.2, 0.25) is 0 Å². The molecule has 0 aromatic heterocycles. The molecule has 2 nitrogen and oxygen atoms in total. The summed E-state index contributed by atoms with van der Waals surface area (Å²) in [6, 6.07) is 13.7. The van der Waals surface area contributed by atoms with E-state index in [1.165, 1.54) is 0 Å². The summed E-state index contributed by atoms with van der Waals surface area (Å²) in [6.07, 6.45) is 0. The van der Waals surface area contributed by atoms with Crippen LogP contribution in [0.5, 0.6) is 11.5 Å². The second kappa shape index (κ2) is 6.25. The van der Waals surface area contributed by atoms with Crippen molar-refractivity contribution in [3.63, 3.8) is 0 Å². The van der Waals surface area contributed by atoms with E-state index >= 15 is 0 Å². The highest BCUT2D eigenvalue weighted by molar-refractivity contribution is 9.11. The summed E-state index contributed by atoms with van der Waals surface area (Å²) >= 11 is 6.95. The minimum Gasteiger partial charge on any atom is -0.494 e. The molecule has 18 heavy (non-hydrogen) atoms. The van der Waals surface area contributed by atoms with Crippen LogP contribution < -0.4 is 9.47 Å². The van der Waals surface area contributed by atoms with Crippen LogP contribution in [0.15, 0.2) is 51.4 Å².